The molecule has 2 amide bonds. The highest BCUT2D eigenvalue weighted by Gasteiger charge is 2.58. The van der Waals surface area contributed by atoms with E-state index in [1.54, 1.807) is 6.21 Å². The lowest BCUT2D eigenvalue weighted by Crippen LogP contribution is -2.57. The summed E-state index contributed by atoms with van der Waals surface area (Å²) in [4.78, 5) is 31.5. The number of ether oxygens (including phenoxy) is 1. The molecule has 0 radical (unpaired) electrons. The Bertz CT molecular complexity index is 1210. The maximum atomic E-state index is 13.9. The zero-order valence-corrected chi connectivity index (χ0v) is 21.9. The van der Waals surface area contributed by atoms with E-state index in [1.807, 2.05) is 109 Å². The summed E-state index contributed by atoms with van der Waals surface area (Å²) in [6.07, 6.45) is 1.65. The molecule has 0 spiro atoms. The first-order valence-corrected chi connectivity index (χ1v) is 13.1. The van der Waals surface area contributed by atoms with Crippen LogP contribution in [0.1, 0.15) is 28.5 Å². The van der Waals surface area contributed by atoms with Gasteiger partial charge in [-0.2, -0.15) is 5.10 Å². The van der Waals surface area contributed by atoms with Crippen molar-refractivity contribution < 1.29 is 14.3 Å². The van der Waals surface area contributed by atoms with Crippen molar-refractivity contribution in [1.82, 2.24) is 10.3 Å². The largest absolute Gasteiger partial charge is 0.378 e. The molecule has 0 bridgehead atoms. The second-order valence-corrected chi connectivity index (χ2v) is 10.1. The minimum absolute atomic E-state index is 0.0875. The van der Waals surface area contributed by atoms with E-state index >= 15 is 0 Å². The molecule has 2 fully saturated rings. The van der Waals surface area contributed by atoms with Crippen molar-refractivity contribution in [2.45, 2.75) is 11.8 Å². The third-order valence-corrected chi connectivity index (χ3v) is 7.63. The van der Waals surface area contributed by atoms with Crippen LogP contribution in [0.2, 0.25) is 0 Å². The fraction of sp³-hybridized carbons (Fsp3) is 0.323. The zero-order valence-electron chi connectivity index (χ0n) is 21.9. The highest BCUT2D eigenvalue weighted by atomic mass is 16.5. The van der Waals surface area contributed by atoms with Crippen LogP contribution >= 0.6 is 0 Å². The van der Waals surface area contributed by atoms with Crippen LogP contribution in [0.3, 0.4) is 0 Å². The van der Waals surface area contributed by atoms with Gasteiger partial charge in [0.05, 0.1) is 31.3 Å². The van der Waals surface area contributed by atoms with Gasteiger partial charge in [0.15, 0.2) is 0 Å². The average Bonchev–Trinajstić information content (AvgIpc) is 2.94. The molecule has 7 nitrogen and oxygen atoms in total. The maximum Gasteiger partial charge on any atom is 0.244 e. The molecule has 2 aliphatic rings. The number of hydrazone groups is 1. The molecule has 1 aliphatic heterocycles. The number of amides is 2. The van der Waals surface area contributed by atoms with Crippen molar-refractivity contribution in [3.63, 3.8) is 0 Å². The molecule has 1 heterocycles. The Kier molecular flexibility index (Phi) is 7.84. The Morgan fingerprint density at radius 2 is 1.39 bits per heavy atom. The van der Waals surface area contributed by atoms with E-state index in [2.05, 4.69) is 10.5 Å². The van der Waals surface area contributed by atoms with Gasteiger partial charge < -0.3 is 14.5 Å². The lowest BCUT2D eigenvalue weighted by molar-refractivity contribution is -0.151. The van der Waals surface area contributed by atoms with Gasteiger partial charge in [0.1, 0.15) is 0 Å². The summed E-state index contributed by atoms with van der Waals surface area (Å²) in [6.45, 7) is 2.23. The van der Waals surface area contributed by atoms with Gasteiger partial charge in [-0.3, -0.25) is 9.59 Å². The fourth-order valence-electron chi connectivity index (χ4n) is 5.66. The maximum absolute atomic E-state index is 13.9. The highest BCUT2D eigenvalue weighted by molar-refractivity contribution is 5.91. The minimum atomic E-state index is -0.428. The summed E-state index contributed by atoms with van der Waals surface area (Å²) in [7, 11) is 3.98. The Labute approximate surface area is 224 Å². The number of benzene rings is 3. The monoisotopic (exact) mass is 510 g/mol. The molecule has 1 aliphatic carbocycles. The average molecular weight is 511 g/mol. The first-order valence-electron chi connectivity index (χ1n) is 13.1. The molecule has 0 aromatic heterocycles. The van der Waals surface area contributed by atoms with Crippen molar-refractivity contribution >= 4 is 23.7 Å². The van der Waals surface area contributed by atoms with E-state index in [-0.39, 0.29) is 29.6 Å². The van der Waals surface area contributed by atoms with Gasteiger partial charge >= 0.3 is 0 Å². The molecule has 196 valence electrons. The smallest absolute Gasteiger partial charge is 0.244 e. The van der Waals surface area contributed by atoms with Gasteiger partial charge in [-0.05, 0) is 28.8 Å². The zero-order chi connectivity index (χ0) is 26.5. The van der Waals surface area contributed by atoms with Gasteiger partial charge in [-0.25, -0.2) is 5.43 Å². The number of nitrogens with one attached hydrogen (secondary N) is 1. The number of morpholine rings is 1. The van der Waals surface area contributed by atoms with E-state index in [0.717, 1.165) is 22.4 Å². The predicted octanol–water partition coefficient (Wildman–Crippen LogP) is 3.88. The van der Waals surface area contributed by atoms with Crippen LogP contribution < -0.4 is 10.3 Å². The van der Waals surface area contributed by atoms with Crippen molar-refractivity contribution in [1.29, 1.82) is 0 Å². The molecule has 0 unspecified atom stereocenters. The third-order valence-electron chi connectivity index (χ3n) is 7.63. The summed E-state index contributed by atoms with van der Waals surface area (Å²) in [5.74, 6) is -1.35. The van der Waals surface area contributed by atoms with Crippen LogP contribution in [0.4, 0.5) is 5.69 Å². The molecule has 5 rings (SSSR count). The summed E-state index contributed by atoms with van der Waals surface area (Å²) in [5, 5.41) is 4.28. The molecule has 1 saturated carbocycles. The molecule has 3 aromatic rings. The molecule has 3 aromatic carbocycles. The molecule has 2 atom stereocenters. The summed E-state index contributed by atoms with van der Waals surface area (Å²) < 4.78 is 5.49. The van der Waals surface area contributed by atoms with Crippen molar-refractivity contribution in [3.8, 4) is 0 Å². The van der Waals surface area contributed by atoms with Crippen LogP contribution in [0.15, 0.2) is 90.0 Å². The first kappa shape index (κ1) is 25.7. The van der Waals surface area contributed by atoms with E-state index < -0.39 is 5.92 Å². The van der Waals surface area contributed by atoms with Gasteiger partial charge in [0.2, 0.25) is 11.8 Å². The lowest BCUT2D eigenvalue weighted by Gasteiger charge is -2.52. The second kappa shape index (κ2) is 11.6. The van der Waals surface area contributed by atoms with Gasteiger partial charge in [-0.15, -0.1) is 0 Å². The fourth-order valence-corrected chi connectivity index (χ4v) is 5.66. The lowest BCUT2D eigenvalue weighted by atomic mass is 9.51. The number of hydrogen-bond donors (Lipinski definition) is 1. The van der Waals surface area contributed by atoms with Crippen molar-refractivity contribution in [2.75, 3.05) is 45.3 Å². The molecule has 38 heavy (non-hydrogen) atoms. The van der Waals surface area contributed by atoms with E-state index in [0.29, 0.717) is 26.3 Å². The third kappa shape index (κ3) is 5.34. The Morgan fingerprint density at radius 1 is 0.842 bits per heavy atom. The van der Waals surface area contributed by atoms with E-state index in [4.69, 9.17) is 4.74 Å². The second-order valence-electron chi connectivity index (χ2n) is 10.1. The number of hydrogen-bond acceptors (Lipinski definition) is 5. The topological polar surface area (TPSA) is 74.2 Å². The number of nitrogens with zero attached hydrogens (tertiary/aromatic N) is 3. The van der Waals surface area contributed by atoms with Gasteiger partial charge in [-0.1, -0.05) is 72.8 Å². The SMILES string of the molecule is CN(C)c1ccc(/C=N\NC(=O)C2[C@@H](c3ccccc3)C(C(=O)N3CCOCC3)[C@@H]2c2ccccc2)cc1. The van der Waals surface area contributed by atoms with E-state index in [9.17, 15) is 9.59 Å². The van der Waals surface area contributed by atoms with Crippen LogP contribution in [-0.2, 0) is 14.3 Å². The number of anilines is 1. The van der Waals surface area contributed by atoms with E-state index in [1.165, 1.54) is 0 Å². The standard InChI is InChI=1S/C31H34N4O3/c1-34(2)25-15-13-22(14-16-25)21-32-33-30(36)28-26(23-9-5-3-6-10-23)29(27(28)24-11-7-4-8-12-24)31(37)35-17-19-38-20-18-35/h3-16,21,26-29H,17-20H2,1-2H3,(H,33,36)/b32-21-/t26-,27-,28?,29?/m1/s1. The Hall–Kier alpha value is -3.97. The van der Waals surface area contributed by atoms with Gasteiger partial charge in [0, 0.05) is 44.7 Å². The number of rotatable bonds is 7. The quantitative estimate of drug-likeness (QED) is 0.387. The van der Waals surface area contributed by atoms with Crippen LogP contribution in [0, 0.1) is 11.8 Å². The first-order chi connectivity index (χ1) is 18.5. The van der Waals surface area contributed by atoms with Crippen LogP contribution in [0.25, 0.3) is 0 Å². The van der Waals surface area contributed by atoms with Crippen molar-refractivity contribution in [2.24, 2.45) is 16.9 Å². The highest BCUT2D eigenvalue weighted by Crippen LogP contribution is 2.58. The normalized spacial score (nSPS) is 23.1. The van der Waals surface area contributed by atoms with Crippen molar-refractivity contribution in [3.05, 3.63) is 102 Å². The molecule has 1 saturated heterocycles. The molecular formula is C31H34N4O3. The molecule has 7 heteroatoms. The van der Waals surface area contributed by atoms with Crippen LogP contribution in [0.5, 0.6) is 0 Å². The Morgan fingerprint density at radius 3 is 1.92 bits per heavy atom. The summed E-state index contributed by atoms with van der Waals surface area (Å²) in [6, 6.07) is 27.8. The Balaban J connectivity index is 1.43. The molecule has 1 N–H and O–H groups in total. The summed E-state index contributed by atoms with van der Waals surface area (Å²) >= 11 is 0. The van der Waals surface area contributed by atoms with Crippen LogP contribution in [-0.4, -0.2) is 63.3 Å². The number of carbonyl (C=O) groups excluding carboxylic acids is 2. The number of carbonyl (C=O) groups is 2. The minimum Gasteiger partial charge on any atom is -0.378 e. The predicted molar refractivity (Wildman–Crippen MR) is 149 cm³/mol. The summed E-state index contributed by atoms with van der Waals surface area (Å²) in [5.41, 5.74) is 6.76. The van der Waals surface area contributed by atoms with Gasteiger partial charge in [0.25, 0.3) is 0 Å². The molecular weight excluding hydrogens is 476 g/mol.